The van der Waals surface area contributed by atoms with Crippen LogP contribution in [0.2, 0.25) is 0 Å². The highest BCUT2D eigenvalue weighted by atomic mass is 32.2. The second-order valence-corrected chi connectivity index (χ2v) is 10.4. The van der Waals surface area contributed by atoms with Gasteiger partial charge in [-0.25, -0.2) is 8.42 Å². The van der Waals surface area contributed by atoms with Crippen LogP contribution in [0.3, 0.4) is 0 Å². The first-order chi connectivity index (χ1) is 16.9. The summed E-state index contributed by atoms with van der Waals surface area (Å²) in [5, 5.41) is 5.86. The van der Waals surface area contributed by atoms with E-state index >= 15 is 0 Å². The fraction of sp³-hybridized carbons (Fsp3) is 0.269. The van der Waals surface area contributed by atoms with Gasteiger partial charge in [-0.05, 0) is 49.6 Å². The van der Waals surface area contributed by atoms with E-state index in [2.05, 4.69) is 15.6 Å². The maximum absolute atomic E-state index is 13.0. The number of anilines is 1. The van der Waals surface area contributed by atoms with Gasteiger partial charge in [0.25, 0.3) is 5.91 Å². The van der Waals surface area contributed by atoms with E-state index in [4.69, 9.17) is 0 Å². The molecule has 0 spiro atoms. The largest absolute Gasteiger partial charge is 0.345 e. The molecule has 2 heterocycles. The number of benzene rings is 2. The van der Waals surface area contributed by atoms with Crippen molar-refractivity contribution in [3.63, 3.8) is 0 Å². The van der Waals surface area contributed by atoms with E-state index in [1.54, 1.807) is 30.3 Å². The normalized spacial score (nSPS) is 15.8. The third kappa shape index (κ3) is 5.75. The van der Waals surface area contributed by atoms with Crippen molar-refractivity contribution in [3.05, 3.63) is 90.3 Å². The SMILES string of the molecule is CC(NC(=O)c1ccccc1NC(=O)C1CCN(S(=O)(=O)c2cccnc2)CC1)c1ccccc1. The van der Waals surface area contributed by atoms with Gasteiger partial charge < -0.3 is 10.6 Å². The number of aromatic nitrogens is 1. The average molecular weight is 493 g/mol. The van der Waals surface area contributed by atoms with Gasteiger partial charge in [-0.15, -0.1) is 0 Å². The lowest BCUT2D eigenvalue weighted by Gasteiger charge is -2.30. The highest BCUT2D eigenvalue weighted by Crippen LogP contribution is 2.25. The number of pyridine rings is 1. The molecule has 1 fully saturated rings. The molecule has 9 heteroatoms. The quantitative estimate of drug-likeness (QED) is 0.524. The summed E-state index contributed by atoms with van der Waals surface area (Å²) in [6.07, 6.45) is 3.64. The first-order valence-electron chi connectivity index (χ1n) is 11.5. The van der Waals surface area contributed by atoms with Crippen molar-refractivity contribution in [2.45, 2.75) is 30.7 Å². The molecule has 1 aliphatic heterocycles. The Kier molecular flexibility index (Phi) is 7.57. The van der Waals surface area contributed by atoms with Crippen LogP contribution in [0.5, 0.6) is 0 Å². The monoisotopic (exact) mass is 492 g/mol. The third-order valence-electron chi connectivity index (χ3n) is 6.17. The van der Waals surface area contributed by atoms with Crippen LogP contribution in [-0.4, -0.2) is 42.6 Å². The second kappa shape index (κ2) is 10.8. The number of nitrogens with one attached hydrogen (secondary N) is 2. The minimum absolute atomic E-state index is 0.146. The van der Waals surface area contributed by atoms with Gasteiger partial charge in [0.1, 0.15) is 4.90 Å². The van der Waals surface area contributed by atoms with Gasteiger partial charge in [0.05, 0.1) is 17.3 Å². The third-order valence-corrected chi connectivity index (χ3v) is 8.06. The van der Waals surface area contributed by atoms with Crippen molar-refractivity contribution in [3.8, 4) is 0 Å². The summed E-state index contributed by atoms with van der Waals surface area (Å²) in [4.78, 5) is 30.0. The predicted molar refractivity (Wildman–Crippen MR) is 133 cm³/mol. The molecule has 0 bridgehead atoms. The Morgan fingerprint density at radius 1 is 0.971 bits per heavy atom. The smallest absolute Gasteiger partial charge is 0.253 e. The molecule has 1 unspecified atom stereocenters. The standard InChI is InChI=1S/C26H28N4O4S/c1-19(20-8-3-2-4-9-20)28-26(32)23-11-5-6-12-24(23)29-25(31)21-13-16-30(17-14-21)35(33,34)22-10-7-15-27-18-22/h2-12,15,18-19,21H,13-14,16-17H2,1H3,(H,28,32)(H,29,31). The maximum atomic E-state index is 13.0. The van der Waals surface area contributed by atoms with Crippen LogP contribution in [0.25, 0.3) is 0 Å². The van der Waals surface area contributed by atoms with Crippen LogP contribution in [0, 0.1) is 5.92 Å². The fourth-order valence-corrected chi connectivity index (χ4v) is 5.57. The van der Waals surface area contributed by atoms with Gasteiger partial charge in [-0.3, -0.25) is 14.6 Å². The lowest BCUT2D eigenvalue weighted by molar-refractivity contribution is -0.120. The molecular weight excluding hydrogens is 464 g/mol. The number of sulfonamides is 1. The summed E-state index contributed by atoms with van der Waals surface area (Å²) >= 11 is 0. The van der Waals surface area contributed by atoms with E-state index in [0.717, 1.165) is 5.56 Å². The molecule has 1 aliphatic rings. The zero-order valence-electron chi connectivity index (χ0n) is 19.4. The molecule has 1 aromatic heterocycles. The maximum Gasteiger partial charge on any atom is 0.253 e. The number of para-hydroxylation sites is 1. The van der Waals surface area contributed by atoms with Gasteiger partial charge in [0, 0.05) is 31.4 Å². The molecule has 2 aromatic carbocycles. The molecule has 1 saturated heterocycles. The van der Waals surface area contributed by atoms with Gasteiger partial charge in [-0.2, -0.15) is 4.31 Å². The summed E-state index contributed by atoms with van der Waals surface area (Å²) in [6, 6.07) is 19.4. The van der Waals surface area contributed by atoms with E-state index in [9.17, 15) is 18.0 Å². The van der Waals surface area contributed by atoms with Crippen LogP contribution in [0.4, 0.5) is 5.69 Å². The van der Waals surface area contributed by atoms with Crippen LogP contribution >= 0.6 is 0 Å². The molecule has 3 aromatic rings. The Bertz CT molecular complexity index is 1270. The van der Waals surface area contributed by atoms with Crippen molar-refractivity contribution in [2.75, 3.05) is 18.4 Å². The first-order valence-corrected chi connectivity index (χ1v) is 13.0. The summed E-state index contributed by atoms with van der Waals surface area (Å²) < 4.78 is 27.0. The molecule has 4 rings (SSSR count). The Hall–Kier alpha value is -3.56. The highest BCUT2D eigenvalue weighted by Gasteiger charge is 2.32. The summed E-state index contributed by atoms with van der Waals surface area (Å²) in [7, 11) is -3.64. The van der Waals surface area contributed by atoms with Gasteiger partial charge in [-0.1, -0.05) is 42.5 Å². The highest BCUT2D eigenvalue weighted by molar-refractivity contribution is 7.89. The number of carbonyl (C=O) groups excluding carboxylic acids is 2. The van der Waals surface area contributed by atoms with Crippen LogP contribution in [-0.2, 0) is 14.8 Å². The Morgan fingerprint density at radius 3 is 2.34 bits per heavy atom. The van der Waals surface area contributed by atoms with Gasteiger partial charge >= 0.3 is 0 Å². The van der Waals surface area contributed by atoms with Crippen LogP contribution in [0.1, 0.15) is 41.7 Å². The van der Waals surface area contributed by atoms with Crippen molar-refractivity contribution in [1.82, 2.24) is 14.6 Å². The number of hydrogen-bond acceptors (Lipinski definition) is 5. The second-order valence-electron chi connectivity index (χ2n) is 8.51. The van der Waals surface area contributed by atoms with E-state index in [1.165, 1.54) is 22.8 Å². The zero-order valence-corrected chi connectivity index (χ0v) is 20.2. The van der Waals surface area contributed by atoms with E-state index in [-0.39, 0.29) is 41.8 Å². The Balaban J connectivity index is 1.38. The predicted octanol–water partition coefficient (Wildman–Crippen LogP) is 3.61. The van der Waals surface area contributed by atoms with Crippen molar-refractivity contribution < 1.29 is 18.0 Å². The van der Waals surface area contributed by atoms with Crippen molar-refractivity contribution >= 4 is 27.5 Å². The van der Waals surface area contributed by atoms with Crippen molar-refractivity contribution in [1.29, 1.82) is 0 Å². The molecule has 1 atom stereocenters. The van der Waals surface area contributed by atoms with Gasteiger partial charge in [0.15, 0.2) is 0 Å². The number of hydrogen-bond donors (Lipinski definition) is 2. The molecule has 8 nitrogen and oxygen atoms in total. The summed E-state index contributed by atoms with van der Waals surface area (Å²) in [5.74, 6) is -0.857. The number of piperidine rings is 1. The van der Waals surface area contributed by atoms with Crippen LogP contribution in [0.15, 0.2) is 84.0 Å². The zero-order chi connectivity index (χ0) is 24.8. The topological polar surface area (TPSA) is 108 Å². The van der Waals surface area contributed by atoms with E-state index in [0.29, 0.717) is 24.1 Å². The van der Waals surface area contributed by atoms with E-state index in [1.807, 2.05) is 37.3 Å². The Morgan fingerprint density at radius 2 is 1.66 bits per heavy atom. The molecule has 0 saturated carbocycles. The summed E-state index contributed by atoms with van der Waals surface area (Å²) in [5.41, 5.74) is 1.79. The average Bonchev–Trinajstić information content (AvgIpc) is 2.90. The Labute approximate surface area is 205 Å². The number of nitrogens with zero attached hydrogens (tertiary/aromatic N) is 2. The van der Waals surface area contributed by atoms with E-state index < -0.39 is 10.0 Å². The van der Waals surface area contributed by atoms with Crippen molar-refractivity contribution in [2.24, 2.45) is 5.92 Å². The lowest BCUT2D eigenvalue weighted by atomic mass is 9.97. The van der Waals surface area contributed by atoms with Crippen LogP contribution < -0.4 is 10.6 Å². The molecule has 0 aliphatic carbocycles. The molecule has 182 valence electrons. The minimum atomic E-state index is -3.64. The number of rotatable bonds is 7. The lowest BCUT2D eigenvalue weighted by Crippen LogP contribution is -2.41. The minimum Gasteiger partial charge on any atom is -0.345 e. The number of amides is 2. The fourth-order valence-electron chi connectivity index (χ4n) is 4.13. The molecule has 2 N–H and O–H groups in total. The first kappa shape index (κ1) is 24.6. The molecule has 0 radical (unpaired) electrons. The summed E-state index contributed by atoms with van der Waals surface area (Å²) in [6.45, 7) is 2.39. The molecule has 2 amide bonds. The van der Waals surface area contributed by atoms with Gasteiger partial charge in [0.2, 0.25) is 15.9 Å². The number of carbonyl (C=O) groups is 2. The molecular formula is C26H28N4O4S. The molecule has 35 heavy (non-hydrogen) atoms.